The lowest BCUT2D eigenvalue weighted by atomic mass is 10.2. The molecule has 0 aliphatic rings. The molecule has 6 heteroatoms. The molecular weight excluding hydrogens is 286 g/mol. The van der Waals surface area contributed by atoms with Crippen LogP contribution in [0.1, 0.15) is 5.69 Å². The molecule has 0 saturated carbocycles. The summed E-state index contributed by atoms with van der Waals surface area (Å²) in [7, 11) is 0. The number of pyridine rings is 1. The third-order valence-corrected chi connectivity index (χ3v) is 4.07. The molecule has 0 aliphatic carbocycles. The largest absolute Gasteiger partial charge is 0.323 e. The lowest BCUT2D eigenvalue weighted by Gasteiger charge is -2.09. The average Bonchev–Trinajstić information content (AvgIpc) is 2.79. The van der Waals surface area contributed by atoms with E-state index in [-0.39, 0.29) is 17.3 Å². The van der Waals surface area contributed by atoms with Crippen molar-refractivity contribution in [3.8, 4) is 0 Å². The number of nitrogens with one attached hydrogen (secondary N) is 1. The number of aromatic nitrogens is 2. The van der Waals surface area contributed by atoms with Crippen LogP contribution in [-0.4, -0.2) is 15.5 Å². The van der Waals surface area contributed by atoms with E-state index in [0.717, 1.165) is 27.9 Å². The van der Waals surface area contributed by atoms with E-state index in [1.54, 1.807) is 17.6 Å². The van der Waals surface area contributed by atoms with Gasteiger partial charge >= 0.3 is 4.87 Å². The van der Waals surface area contributed by atoms with Crippen LogP contribution in [0.4, 0.5) is 5.69 Å². The summed E-state index contributed by atoms with van der Waals surface area (Å²) in [5.74, 6) is -0.239. The molecule has 0 atom stereocenters. The highest BCUT2D eigenvalue weighted by molar-refractivity contribution is 7.07. The quantitative estimate of drug-likeness (QED) is 0.807. The first kappa shape index (κ1) is 13.5. The molecule has 2 heterocycles. The molecule has 1 amide bonds. The van der Waals surface area contributed by atoms with Crippen molar-refractivity contribution < 1.29 is 4.79 Å². The summed E-state index contributed by atoms with van der Waals surface area (Å²) in [6.45, 7) is 1.82. The smallest absolute Gasteiger partial charge is 0.307 e. The fourth-order valence-corrected chi connectivity index (χ4v) is 2.87. The fraction of sp³-hybridized carbons (Fsp3) is 0.133. The van der Waals surface area contributed by atoms with Gasteiger partial charge in [-0.05, 0) is 19.1 Å². The number of benzene rings is 1. The molecular formula is C15H13N3O2S. The molecule has 21 heavy (non-hydrogen) atoms. The molecule has 0 radical (unpaired) electrons. The number of hydrogen-bond acceptors (Lipinski definition) is 4. The van der Waals surface area contributed by atoms with Crippen LogP contribution in [0.15, 0.2) is 46.7 Å². The molecule has 2 aromatic heterocycles. The molecule has 0 unspecified atom stereocenters. The van der Waals surface area contributed by atoms with Crippen LogP contribution >= 0.6 is 11.3 Å². The van der Waals surface area contributed by atoms with Crippen LogP contribution < -0.4 is 10.2 Å². The van der Waals surface area contributed by atoms with Crippen molar-refractivity contribution in [1.29, 1.82) is 0 Å². The Bertz CT molecular complexity index is 861. The van der Waals surface area contributed by atoms with Crippen molar-refractivity contribution in [2.75, 3.05) is 5.32 Å². The number of hydrogen-bond donors (Lipinski definition) is 1. The number of anilines is 1. The second-order valence-electron chi connectivity index (χ2n) is 4.66. The Labute approximate surface area is 124 Å². The Morgan fingerprint density at radius 3 is 2.90 bits per heavy atom. The normalized spacial score (nSPS) is 10.7. The molecule has 1 aromatic carbocycles. The lowest BCUT2D eigenvalue weighted by Crippen LogP contribution is -2.25. The second kappa shape index (κ2) is 5.49. The molecule has 3 rings (SSSR count). The Hall–Kier alpha value is -2.47. The van der Waals surface area contributed by atoms with Crippen molar-refractivity contribution in [2.24, 2.45) is 0 Å². The number of fused-ring (bicyclic) bond motifs is 1. The van der Waals surface area contributed by atoms with Gasteiger partial charge in [-0.1, -0.05) is 29.5 Å². The van der Waals surface area contributed by atoms with Crippen molar-refractivity contribution in [3.05, 3.63) is 57.3 Å². The molecule has 1 N–H and O–H groups in total. The zero-order chi connectivity index (χ0) is 14.8. The van der Waals surface area contributed by atoms with E-state index in [0.29, 0.717) is 5.69 Å². The summed E-state index contributed by atoms with van der Waals surface area (Å²) in [5, 5.41) is 5.52. The maximum absolute atomic E-state index is 12.1. The van der Waals surface area contributed by atoms with Gasteiger partial charge in [0.15, 0.2) is 0 Å². The van der Waals surface area contributed by atoms with Crippen LogP contribution in [0.25, 0.3) is 10.9 Å². The maximum Gasteiger partial charge on any atom is 0.307 e. The summed E-state index contributed by atoms with van der Waals surface area (Å²) in [6.07, 6.45) is 1.69. The predicted molar refractivity (Wildman–Crippen MR) is 83.7 cm³/mol. The Morgan fingerprint density at radius 2 is 2.14 bits per heavy atom. The number of amides is 1. The van der Waals surface area contributed by atoms with Gasteiger partial charge in [-0.2, -0.15) is 0 Å². The highest BCUT2D eigenvalue weighted by atomic mass is 32.1. The minimum atomic E-state index is -0.239. The molecule has 0 bridgehead atoms. The van der Waals surface area contributed by atoms with Crippen LogP contribution in [0.3, 0.4) is 0 Å². The van der Waals surface area contributed by atoms with Gasteiger partial charge in [-0.3, -0.25) is 19.1 Å². The fourth-order valence-electron chi connectivity index (χ4n) is 2.13. The topological polar surface area (TPSA) is 64.0 Å². The minimum absolute atomic E-state index is 0.0113. The minimum Gasteiger partial charge on any atom is -0.323 e. The van der Waals surface area contributed by atoms with Crippen LogP contribution in [-0.2, 0) is 11.3 Å². The van der Waals surface area contributed by atoms with E-state index in [9.17, 15) is 9.59 Å². The summed E-state index contributed by atoms with van der Waals surface area (Å²) >= 11 is 1.10. The molecule has 0 spiro atoms. The molecule has 5 nitrogen and oxygen atoms in total. The number of carbonyl (C=O) groups excluding carboxylic acids is 1. The van der Waals surface area contributed by atoms with Crippen LogP contribution in [0.5, 0.6) is 0 Å². The summed E-state index contributed by atoms with van der Waals surface area (Å²) in [6, 6.07) is 9.39. The van der Waals surface area contributed by atoms with Gasteiger partial charge in [-0.15, -0.1) is 0 Å². The standard InChI is InChI=1S/C15H13N3O2S/c1-10-9-21-15(20)18(10)8-13(19)17-12-6-2-4-11-5-3-7-16-14(11)12/h2-7,9H,8H2,1H3,(H,17,19). The average molecular weight is 299 g/mol. The molecule has 0 fully saturated rings. The monoisotopic (exact) mass is 299 g/mol. The number of thiazole rings is 1. The SMILES string of the molecule is Cc1csc(=O)n1CC(=O)Nc1cccc2cccnc12. The van der Waals surface area contributed by atoms with E-state index in [1.165, 1.54) is 4.57 Å². The van der Waals surface area contributed by atoms with E-state index < -0.39 is 0 Å². The van der Waals surface area contributed by atoms with E-state index in [2.05, 4.69) is 10.3 Å². The van der Waals surface area contributed by atoms with E-state index in [4.69, 9.17) is 0 Å². The van der Waals surface area contributed by atoms with Crippen molar-refractivity contribution >= 4 is 33.8 Å². The zero-order valence-electron chi connectivity index (χ0n) is 11.4. The van der Waals surface area contributed by atoms with Gasteiger partial charge in [0.05, 0.1) is 11.2 Å². The van der Waals surface area contributed by atoms with Gasteiger partial charge in [0.1, 0.15) is 6.54 Å². The lowest BCUT2D eigenvalue weighted by molar-refractivity contribution is -0.116. The molecule has 0 aliphatic heterocycles. The first-order valence-corrected chi connectivity index (χ1v) is 7.31. The van der Waals surface area contributed by atoms with Crippen molar-refractivity contribution in [3.63, 3.8) is 0 Å². The van der Waals surface area contributed by atoms with E-state index >= 15 is 0 Å². The number of para-hydroxylation sites is 1. The van der Waals surface area contributed by atoms with Gasteiger partial charge in [0.25, 0.3) is 0 Å². The van der Waals surface area contributed by atoms with Crippen molar-refractivity contribution in [1.82, 2.24) is 9.55 Å². The van der Waals surface area contributed by atoms with Gasteiger partial charge in [0, 0.05) is 22.7 Å². The van der Waals surface area contributed by atoms with Gasteiger partial charge < -0.3 is 5.32 Å². The highest BCUT2D eigenvalue weighted by Gasteiger charge is 2.10. The zero-order valence-corrected chi connectivity index (χ0v) is 12.2. The molecule has 0 saturated heterocycles. The third kappa shape index (κ3) is 2.71. The molecule has 106 valence electrons. The summed E-state index contributed by atoms with van der Waals surface area (Å²) < 4.78 is 1.46. The number of aryl methyl sites for hydroxylation is 1. The summed E-state index contributed by atoms with van der Waals surface area (Å²) in [4.78, 5) is 27.9. The molecule has 3 aromatic rings. The van der Waals surface area contributed by atoms with Gasteiger partial charge in [-0.25, -0.2) is 0 Å². The van der Waals surface area contributed by atoms with Crippen molar-refractivity contribution in [2.45, 2.75) is 13.5 Å². The third-order valence-electron chi connectivity index (χ3n) is 3.18. The van der Waals surface area contributed by atoms with Crippen LogP contribution in [0, 0.1) is 6.92 Å². The van der Waals surface area contributed by atoms with Gasteiger partial charge in [0.2, 0.25) is 5.91 Å². The first-order chi connectivity index (χ1) is 10.1. The Kier molecular flexibility index (Phi) is 3.53. The number of nitrogens with zero attached hydrogens (tertiary/aromatic N) is 2. The number of carbonyl (C=O) groups is 1. The highest BCUT2D eigenvalue weighted by Crippen LogP contribution is 2.20. The predicted octanol–water partition coefficient (Wildman–Crippen LogP) is 2.41. The Balaban J connectivity index is 1.86. The summed E-state index contributed by atoms with van der Waals surface area (Å²) in [5.41, 5.74) is 2.18. The Morgan fingerprint density at radius 1 is 1.33 bits per heavy atom. The number of rotatable bonds is 3. The second-order valence-corrected chi connectivity index (χ2v) is 5.48. The van der Waals surface area contributed by atoms with Crippen LogP contribution in [0.2, 0.25) is 0 Å². The first-order valence-electron chi connectivity index (χ1n) is 6.43. The maximum atomic E-state index is 12.1. The van der Waals surface area contributed by atoms with E-state index in [1.807, 2.05) is 31.2 Å².